The molecule has 0 aromatic carbocycles. The maximum atomic E-state index is 11.8. The van der Waals surface area contributed by atoms with E-state index < -0.39 is 42.4 Å². The van der Waals surface area contributed by atoms with Crippen LogP contribution in [-0.2, 0) is 19.2 Å². The van der Waals surface area contributed by atoms with Gasteiger partial charge in [-0.05, 0) is 6.42 Å². The van der Waals surface area contributed by atoms with E-state index in [9.17, 15) is 19.2 Å². The zero-order valence-corrected chi connectivity index (χ0v) is 10.7. The minimum Gasteiger partial charge on any atom is -0.480 e. The Bertz CT molecular complexity index is 386. The van der Waals surface area contributed by atoms with Crippen molar-refractivity contribution >= 4 is 23.7 Å². The molecule has 114 valence electrons. The smallest absolute Gasteiger partial charge is 0.328 e. The summed E-state index contributed by atoms with van der Waals surface area (Å²) in [5, 5.41) is 21.7. The molecule has 0 aromatic heterocycles. The Morgan fingerprint density at radius 2 is 1.70 bits per heavy atom. The van der Waals surface area contributed by atoms with E-state index in [1.165, 1.54) is 0 Å². The SMILES string of the molecule is NCC(=O)NC(CCC(N)=O)C(=O)NC(CO)C(=O)O. The summed E-state index contributed by atoms with van der Waals surface area (Å²) >= 11 is 0. The summed E-state index contributed by atoms with van der Waals surface area (Å²) in [6.07, 6.45) is -0.287. The molecule has 2 atom stereocenters. The number of carbonyl (C=O) groups excluding carboxylic acids is 3. The molecule has 0 aliphatic carbocycles. The summed E-state index contributed by atoms with van der Waals surface area (Å²) in [7, 11) is 0. The van der Waals surface area contributed by atoms with Crippen molar-refractivity contribution in [3.63, 3.8) is 0 Å². The minimum absolute atomic E-state index is 0.106. The van der Waals surface area contributed by atoms with Crippen LogP contribution in [0.1, 0.15) is 12.8 Å². The molecule has 0 aliphatic rings. The van der Waals surface area contributed by atoms with Crippen molar-refractivity contribution in [1.82, 2.24) is 10.6 Å². The predicted octanol–water partition coefficient (Wildman–Crippen LogP) is -3.74. The maximum absolute atomic E-state index is 11.8. The zero-order chi connectivity index (χ0) is 15.7. The summed E-state index contributed by atoms with van der Waals surface area (Å²) in [6.45, 7) is -1.18. The average molecular weight is 290 g/mol. The van der Waals surface area contributed by atoms with Crippen molar-refractivity contribution in [2.45, 2.75) is 24.9 Å². The quantitative estimate of drug-likeness (QED) is 0.252. The molecule has 10 heteroatoms. The Kier molecular flexibility index (Phi) is 7.85. The fraction of sp³-hybridized carbons (Fsp3) is 0.600. The number of amides is 3. The fourth-order valence-corrected chi connectivity index (χ4v) is 1.27. The molecule has 0 saturated heterocycles. The van der Waals surface area contributed by atoms with Gasteiger partial charge >= 0.3 is 5.97 Å². The molecule has 0 aromatic rings. The minimum atomic E-state index is -1.51. The first-order valence-electron chi connectivity index (χ1n) is 5.73. The highest BCUT2D eigenvalue weighted by Crippen LogP contribution is 1.99. The van der Waals surface area contributed by atoms with E-state index in [0.717, 1.165) is 0 Å². The third-order valence-electron chi connectivity index (χ3n) is 2.31. The van der Waals surface area contributed by atoms with Crippen LogP contribution in [0.3, 0.4) is 0 Å². The van der Waals surface area contributed by atoms with Crippen LogP contribution in [0.2, 0.25) is 0 Å². The number of nitrogens with one attached hydrogen (secondary N) is 2. The van der Waals surface area contributed by atoms with Crippen molar-refractivity contribution in [2.24, 2.45) is 11.5 Å². The second-order valence-electron chi connectivity index (χ2n) is 3.91. The number of hydrogen-bond donors (Lipinski definition) is 6. The van der Waals surface area contributed by atoms with Gasteiger partial charge in [0, 0.05) is 6.42 Å². The summed E-state index contributed by atoms with van der Waals surface area (Å²) in [6, 6.07) is -2.67. The first-order chi connectivity index (χ1) is 9.31. The molecule has 3 amide bonds. The lowest BCUT2D eigenvalue weighted by Gasteiger charge is -2.20. The first kappa shape index (κ1) is 17.8. The van der Waals surface area contributed by atoms with Gasteiger partial charge < -0.3 is 32.3 Å². The lowest BCUT2D eigenvalue weighted by atomic mass is 10.1. The number of aliphatic hydroxyl groups excluding tert-OH is 1. The Morgan fingerprint density at radius 1 is 1.10 bits per heavy atom. The Labute approximate surface area is 114 Å². The van der Waals surface area contributed by atoms with Gasteiger partial charge in [-0.1, -0.05) is 0 Å². The summed E-state index contributed by atoms with van der Waals surface area (Å²) < 4.78 is 0. The van der Waals surface area contributed by atoms with Crippen LogP contribution in [0.25, 0.3) is 0 Å². The molecule has 2 unspecified atom stereocenters. The highest BCUT2D eigenvalue weighted by Gasteiger charge is 2.26. The standard InChI is InChI=1S/C10H18N4O6/c11-3-8(17)13-5(1-2-7(12)16)9(18)14-6(4-15)10(19)20/h5-6,15H,1-4,11H2,(H2,12,16)(H,13,17)(H,14,18)(H,19,20). The van der Waals surface area contributed by atoms with Crippen molar-refractivity contribution in [1.29, 1.82) is 0 Å². The van der Waals surface area contributed by atoms with Gasteiger partial charge in [-0.3, -0.25) is 14.4 Å². The Balaban J connectivity index is 4.72. The van der Waals surface area contributed by atoms with Crippen molar-refractivity contribution < 1.29 is 29.4 Å². The highest BCUT2D eigenvalue weighted by atomic mass is 16.4. The molecule has 20 heavy (non-hydrogen) atoms. The number of nitrogens with two attached hydrogens (primary N) is 2. The van der Waals surface area contributed by atoms with Gasteiger partial charge in [0.25, 0.3) is 0 Å². The van der Waals surface area contributed by atoms with E-state index in [1.807, 2.05) is 5.32 Å². The van der Waals surface area contributed by atoms with Crippen LogP contribution in [0.15, 0.2) is 0 Å². The van der Waals surface area contributed by atoms with E-state index in [1.54, 1.807) is 0 Å². The van der Waals surface area contributed by atoms with Crippen molar-refractivity contribution in [2.75, 3.05) is 13.2 Å². The number of rotatable bonds is 9. The topological polar surface area (TPSA) is 185 Å². The lowest BCUT2D eigenvalue weighted by molar-refractivity contribution is -0.143. The van der Waals surface area contributed by atoms with E-state index in [-0.39, 0.29) is 19.4 Å². The second kappa shape index (κ2) is 8.82. The molecular formula is C10H18N4O6. The third kappa shape index (κ3) is 6.66. The molecule has 0 aliphatic heterocycles. The van der Waals surface area contributed by atoms with Crippen LogP contribution in [0.5, 0.6) is 0 Å². The van der Waals surface area contributed by atoms with Crippen LogP contribution in [0, 0.1) is 0 Å². The first-order valence-corrected chi connectivity index (χ1v) is 5.73. The van der Waals surface area contributed by atoms with Gasteiger partial charge in [0.15, 0.2) is 0 Å². The number of aliphatic hydroxyl groups is 1. The van der Waals surface area contributed by atoms with Gasteiger partial charge in [0.2, 0.25) is 17.7 Å². The van der Waals surface area contributed by atoms with E-state index >= 15 is 0 Å². The van der Waals surface area contributed by atoms with Crippen molar-refractivity contribution in [3.05, 3.63) is 0 Å². The van der Waals surface area contributed by atoms with Crippen LogP contribution in [-0.4, -0.2) is 59.1 Å². The number of carboxylic acid groups (broad SMARTS) is 1. The molecule has 0 saturated carbocycles. The van der Waals surface area contributed by atoms with Crippen molar-refractivity contribution in [3.8, 4) is 0 Å². The Morgan fingerprint density at radius 3 is 2.10 bits per heavy atom. The van der Waals surface area contributed by atoms with Crippen LogP contribution in [0.4, 0.5) is 0 Å². The molecule has 0 rings (SSSR count). The maximum Gasteiger partial charge on any atom is 0.328 e. The van der Waals surface area contributed by atoms with Gasteiger partial charge in [-0.15, -0.1) is 0 Å². The number of carboxylic acids is 1. The highest BCUT2D eigenvalue weighted by molar-refractivity contribution is 5.91. The van der Waals surface area contributed by atoms with E-state index in [0.29, 0.717) is 0 Å². The molecular weight excluding hydrogens is 272 g/mol. The summed E-state index contributed by atoms with van der Waals surface area (Å²) in [5.74, 6) is -3.61. The van der Waals surface area contributed by atoms with Gasteiger partial charge in [0.1, 0.15) is 12.1 Å². The number of aliphatic carboxylic acids is 1. The molecule has 0 fully saturated rings. The van der Waals surface area contributed by atoms with Gasteiger partial charge in [-0.25, -0.2) is 4.79 Å². The predicted molar refractivity (Wildman–Crippen MR) is 66.1 cm³/mol. The van der Waals surface area contributed by atoms with Crippen LogP contribution >= 0.6 is 0 Å². The molecule has 0 bridgehead atoms. The monoisotopic (exact) mass is 290 g/mol. The normalized spacial score (nSPS) is 13.1. The summed E-state index contributed by atoms with van der Waals surface area (Å²) in [4.78, 5) is 44.3. The van der Waals surface area contributed by atoms with Gasteiger partial charge in [0.05, 0.1) is 13.2 Å². The molecule has 10 nitrogen and oxygen atoms in total. The summed E-state index contributed by atoms with van der Waals surface area (Å²) in [5.41, 5.74) is 10.0. The van der Waals surface area contributed by atoms with Crippen LogP contribution < -0.4 is 22.1 Å². The van der Waals surface area contributed by atoms with Gasteiger partial charge in [-0.2, -0.15) is 0 Å². The van der Waals surface area contributed by atoms with E-state index in [2.05, 4.69) is 5.32 Å². The number of primary amides is 1. The molecule has 8 N–H and O–H groups in total. The molecule has 0 radical (unpaired) electrons. The Hall–Kier alpha value is -2.20. The third-order valence-corrected chi connectivity index (χ3v) is 2.31. The molecule has 0 spiro atoms. The lowest BCUT2D eigenvalue weighted by Crippen LogP contribution is -2.53. The fourth-order valence-electron chi connectivity index (χ4n) is 1.27. The zero-order valence-electron chi connectivity index (χ0n) is 10.7. The second-order valence-corrected chi connectivity index (χ2v) is 3.91. The molecule has 0 heterocycles. The average Bonchev–Trinajstić information content (AvgIpc) is 2.39. The number of carbonyl (C=O) groups is 4. The van der Waals surface area contributed by atoms with E-state index in [4.69, 9.17) is 21.7 Å². The number of hydrogen-bond acceptors (Lipinski definition) is 6. The largest absolute Gasteiger partial charge is 0.480 e.